The van der Waals surface area contributed by atoms with Crippen LogP contribution in [-0.4, -0.2) is 35.6 Å². The van der Waals surface area contributed by atoms with Crippen molar-refractivity contribution < 1.29 is 37.9 Å². The number of hydrogen-bond donors (Lipinski definition) is 0. The van der Waals surface area contributed by atoms with Gasteiger partial charge in [-0.25, -0.2) is 0 Å². The lowest BCUT2D eigenvalue weighted by atomic mass is 9.88. The topological polar surface area (TPSA) is 117 Å². The van der Waals surface area contributed by atoms with Crippen molar-refractivity contribution in [2.45, 2.75) is 33.5 Å². The van der Waals surface area contributed by atoms with Gasteiger partial charge in [-0.05, 0) is 6.07 Å². The van der Waals surface area contributed by atoms with Gasteiger partial charge < -0.3 is 13.9 Å². The summed E-state index contributed by atoms with van der Waals surface area (Å²) in [6.45, 7) is 4.60. The van der Waals surface area contributed by atoms with E-state index in [9.17, 15) is 24.0 Å². The molecule has 0 bridgehead atoms. The molecule has 150 valence electrons. The van der Waals surface area contributed by atoms with Gasteiger partial charge >= 0.3 is 11.9 Å². The summed E-state index contributed by atoms with van der Waals surface area (Å²) in [5, 5.41) is 0. The van der Waals surface area contributed by atoms with Gasteiger partial charge in [-0.15, -0.1) is 0 Å². The van der Waals surface area contributed by atoms with Gasteiger partial charge in [0.15, 0.2) is 17.3 Å². The lowest BCUT2D eigenvalue weighted by molar-refractivity contribution is -0.186. The number of ketones is 3. The summed E-state index contributed by atoms with van der Waals surface area (Å²) in [5.41, 5.74) is 0.396. The largest absolute Gasteiger partial charge is 0.449 e. The minimum absolute atomic E-state index is 0.0235. The average Bonchev–Trinajstić information content (AvgIpc) is 3.12. The Morgan fingerprint density at radius 1 is 0.931 bits per heavy atom. The second kappa shape index (κ2) is 7.83. The fourth-order valence-corrected chi connectivity index (χ4v) is 2.78. The number of hydrogen-bond acceptors (Lipinski definition) is 8. The van der Waals surface area contributed by atoms with E-state index in [1.807, 2.05) is 0 Å². The normalized spacial score (nSPS) is 13.5. The summed E-state index contributed by atoms with van der Waals surface area (Å²) >= 11 is 0. The van der Waals surface area contributed by atoms with Gasteiger partial charge in [0, 0.05) is 18.1 Å². The number of benzene rings is 1. The molecule has 0 N–H and O–H groups in total. The summed E-state index contributed by atoms with van der Waals surface area (Å²) in [6, 6.07) is 7.42. The third-order valence-corrected chi connectivity index (χ3v) is 4.23. The van der Waals surface area contributed by atoms with Gasteiger partial charge in [0.2, 0.25) is 17.9 Å². The molecule has 2 aromatic rings. The van der Waals surface area contributed by atoms with Crippen LogP contribution in [0.3, 0.4) is 0 Å². The van der Waals surface area contributed by atoms with Crippen LogP contribution in [-0.2, 0) is 19.1 Å². The summed E-state index contributed by atoms with van der Waals surface area (Å²) in [7, 11) is 0. The Labute approximate surface area is 165 Å². The molecule has 29 heavy (non-hydrogen) atoms. The predicted octanol–water partition coefficient (Wildman–Crippen LogP) is 2.72. The molecule has 0 amide bonds. The first-order chi connectivity index (χ1) is 13.7. The zero-order valence-corrected chi connectivity index (χ0v) is 16.0. The highest BCUT2D eigenvalue weighted by atomic mass is 16.7. The molecule has 1 aliphatic carbocycles. The molecule has 1 unspecified atom stereocenters. The Kier molecular flexibility index (Phi) is 5.45. The molecule has 0 saturated carbocycles. The molecular weight excluding hydrogens is 380 g/mol. The molecule has 1 aromatic carbocycles. The highest BCUT2D eigenvalue weighted by Gasteiger charge is 2.34. The van der Waals surface area contributed by atoms with Crippen molar-refractivity contribution in [2.75, 3.05) is 0 Å². The minimum atomic E-state index is -1.16. The van der Waals surface area contributed by atoms with E-state index in [0.29, 0.717) is 0 Å². The molecule has 1 aliphatic rings. The lowest BCUT2D eigenvalue weighted by Crippen LogP contribution is -2.25. The second-order valence-corrected chi connectivity index (χ2v) is 6.81. The fraction of sp³-hybridized carbons (Fsp3) is 0.286. The molecule has 1 heterocycles. The van der Waals surface area contributed by atoms with Crippen LogP contribution in [0.5, 0.6) is 0 Å². The maximum atomic E-state index is 12.6. The highest BCUT2D eigenvalue weighted by Crippen LogP contribution is 2.30. The number of furan rings is 1. The van der Waals surface area contributed by atoms with Gasteiger partial charge in [0.05, 0.1) is 11.5 Å². The first-order valence-electron chi connectivity index (χ1n) is 8.94. The number of ether oxygens (including phenoxy) is 2. The smallest absolute Gasteiger partial charge is 0.316 e. The maximum Gasteiger partial charge on any atom is 0.316 e. The Morgan fingerprint density at radius 2 is 1.55 bits per heavy atom. The van der Waals surface area contributed by atoms with E-state index in [2.05, 4.69) is 0 Å². The highest BCUT2D eigenvalue weighted by molar-refractivity contribution is 6.28. The molecular formula is C21H18O8. The van der Waals surface area contributed by atoms with Crippen molar-refractivity contribution in [3.8, 4) is 0 Å². The zero-order valence-electron chi connectivity index (χ0n) is 16.0. The van der Waals surface area contributed by atoms with Crippen molar-refractivity contribution in [2.24, 2.45) is 5.92 Å². The van der Waals surface area contributed by atoms with Crippen LogP contribution in [0.2, 0.25) is 0 Å². The van der Waals surface area contributed by atoms with E-state index in [1.54, 1.807) is 26.0 Å². The van der Waals surface area contributed by atoms with Crippen molar-refractivity contribution in [3.05, 3.63) is 58.5 Å². The predicted molar refractivity (Wildman–Crippen MR) is 97.4 cm³/mol. The quantitative estimate of drug-likeness (QED) is 0.269. The Balaban J connectivity index is 1.70. The Morgan fingerprint density at radius 3 is 2.17 bits per heavy atom. The van der Waals surface area contributed by atoms with E-state index < -0.39 is 47.9 Å². The van der Waals surface area contributed by atoms with E-state index in [1.165, 1.54) is 19.1 Å². The number of carbonyl (C=O) groups is 5. The van der Waals surface area contributed by atoms with Crippen LogP contribution >= 0.6 is 0 Å². The van der Waals surface area contributed by atoms with Gasteiger partial charge in [0.1, 0.15) is 6.42 Å². The molecule has 1 atom stereocenters. The van der Waals surface area contributed by atoms with E-state index in [4.69, 9.17) is 13.9 Å². The van der Waals surface area contributed by atoms with Crippen LogP contribution < -0.4 is 0 Å². The number of esters is 2. The molecule has 3 rings (SSSR count). The summed E-state index contributed by atoms with van der Waals surface area (Å²) in [6.07, 6.45) is -1.86. The summed E-state index contributed by atoms with van der Waals surface area (Å²) in [4.78, 5) is 60.8. The van der Waals surface area contributed by atoms with Crippen LogP contribution in [0.1, 0.15) is 69.8 Å². The number of carbonyl (C=O) groups excluding carboxylic acids is 5. The lowest BCUT2D eigenvalue weighted by Gasteiger charge is -2.15. The minimum Gasteiger partial charge on any atom is -0.449 e. The van der Waals surface area contributed by atoms with Crippen molar-refractivity contribution in [1.82, 2.24) is 0 Å². The second-order valence-electron chi connectivity index (χ2n) is 6.81. The summed E-state index contributed by atoms with van der Waals surface area (Å²) < 4.78 is 15.1. The van der Waals surface area contributed by atoms with Crippen LogP contribution in [0, 0.1) is 5.92 Å². The zero-order chi connectivity index (χ0) is 21.3. The molecule has 0 radical (unpaired) electrons. The molecule has 8 heteroatoms. The SMILES string of the molecule is CC(OC(=O)CC(=O)c1cc2c(o1)C(=O)c1ccccc1C2=O)OC(=O)C(C)C. The van der Waals surface area contributed by atoms with Crippen LogP contribution in [0.15, 0.2) is 34.7 Å². The molecule has 8 nitrogen and oxygen atoms in total. The molecule has 0 saturated heterocycles. The molecule has 1 aromatic heterocycles. The standard InChI is InChI=1S/C21H18O8/c1-10(2)21(26)28-11(3)27-17(23)9-15(22)16-8-14-18(24)12-6-4-5-7-13(12)19(25)20(14)29-16/h4-8,10-11H,9H2,1-3H3. The van der Waals surface area contributed by atoms with Crippen LogP contribution in [0.25, 0.3) is 0 Å². The van der Waals surface area contributed by atoms with Gasteiger partial charge in [-0.2, -0.15) is 0 Å². The monoisotopic (exact) mass is 398 g/mol. The maximum absolute atomic E-state index is 12.6. The van der Waals surface area contributed by atoms with Crippen LogP contribution in [0.4, 0.5) is 0 Å². The Bertz CT molecular complexity index is 975. The van der Waals surface area contributed by atoms with E-state index >= 15 is 0 Å². The fourth-order valence-electron chi connectivity index (χ4n) is 2.78. The first kappa shape index (κ1) is 20.2. The molecule has 0 fully saturated rings. The van der Waals surface area contributed by atoms with Crippen molar-refractivity contribution >= 4 is 29.3 Å². The average molecular weight is 398 g/mol. The number of rotatable bonds is 6. The van der Waals surface area contributed by atoms with Gasteiger partial charge in [-0.1, -0.05) is 38.1 Å². The third-order valence-electron chi connectivity index (χ3n) is 4.23. The van der Waals surface area contributed by atoms with E-state index in [-0.39, 0.29) is 28.2 Å². The van der Waals surface area contributed by atoms with E-state index in [0.717, 1.165) is 6.07 Å². The van der Waals surface area contributed by atoms with Crippen molar-refractivity contribution in [1.29, 1.82) is 0 Å². The third kappa shape index (κ3) is 4.01. The molecule has 0 aliphatic heterocycles. The first-order valence-corrected chi connectivity index (χ1v) is 8.94. The number of fused-ring (bicyclic) bond motifs is 2. The van der Waals surface area contributed by atoms with Gasteiger partial charge in [0.25, 0.3) is 0 Å². The van der Waals surface area contributed by atoms with Crippen molar-refractivity contribution in [3.63, 3.8) is 0 Å². The Hall–Kier alpha value is -3.55. The number of Topliss-reactive ketones (excluding diaryl/α,β-unsaturated/α-hetero) is 1. The van der Waals surface area contributed by atoms with Gasteiger partial charge in [-0.3, -0.25) is 24.0 Å². The summed E-state index contributed by atoms with van der Waals surface area (Å²) in [5.74, 6) is -4.12. The molecule has 0 spiro atoms.